The van der Waals surface area contributed by atoms with Gasteiger partial charge in [-0.25, -0.2) is 4.98 Å². The first-order valence-electron chi connectivity index (χ1n) is 8.41. The highest BCUT2D eigenvalue weighted by atomic mass is 32.2. The van der Waals surface area contributed by atoms with Crippen molar-refractivity contribution in [2.75, 3.05) is 18.2 Å². The number of anilines is 1. The van der Waals surface area contributed by atoms with Gasteiger partial charge in [0, 0.05) is 28.8 Å². The van der Waals surface area contributed by atoms with Crippen molar-refractivity contribution in [1.82, 2.24) is 20.2 Å². The molecule has 0 spiro atoms. The lowest BCUT2D eigenvalue weighted by molar-refractivity contribution is -0.115. The monoisotopic (exact) mass is 379 g/mol. The van der Waals surface area contributed by atoms with Crippen LogP contribution in [-0.4, -0.2) is 38.9 Å². The third-order valence-corrected chi connectivity index (χ3v) is 4.88. The molecule has 2 heterocycles. The van der Waals surface area contributed by atoms with E-state index in [1.807, 2.05) is 24.3 Å². The number of aromatic amines is 1. The van der Waals surface area contributed by atoms with Crippen molar-refractivity contribution < 1.29 is 9.53 Å². The Morgan fingerprint density at radius 2 is 1.96 bits per heavy atom. The second-order valence-electron chi connectivity index (χ2n) is 5.84. The number of H-pyrrole nitrogens is 1. The minimum atomic E-state index is -0.0627. The average molecular weight is 379 g/mol. The van der Waals surface area contributed by atoms with Gasteiger partial charge in [-0.05, 0) is 30.3 Å². The molecule has 0 aliphatic carbocycles. The quantitative estimate of drug-likeness (QED) is 0.497. The summed E-state index contributed by atoms with van der Waals surface area (Å²) >= 11 is 1.40. The minimum absolute atomic E-state index is 0.0627. The Balaban J connectivity index is 1.35. The molecule has 27 heavy (non-hydrogen) atoms. The van der Waals surface area contributed by atoms with Gasteiger partial charge in [0.05, 0.1) is 7.11 Å². The number of nitrogens with zero attached hydrogens (tertiary/aromatic N) is 3. The van der Waals surface area contributed by atoms with Crippen LogP contribution in [0.4, 0.5) is 5.69 Å². The Bertz CT molecular complexity index is 1090. The summed E-state index contributed by atoms with van der Waals surface area (Å²) < 4.78 is 5.10. The number of carbonyl (C=O) groups is 1. The second kappa shape index (κ2) is 7.63. The Hall–Kier alpha value is -3.13. The summed E-state index contributed by atoms with van der Waals surface area (Å²) in [6.45, 7) is 0. The lowest BCUT2D eigenvalue weighted by Gasteiger charge is -2.06. The van der Waals surface area contributed by atoms with E-state index < -0.39 is 0 Å². The molecule has 4 aromatic rings. The average Bonchev–Trinajstić information content (AvgIpc) is 3.06. The zero-order valence-corrected chi connectivity index (χ0v) is 15.4. The lowest BCUT2D eigenvalue weighted by atomic mass is 10.2. The van der Waals surface area contributed by atoms with Gasteiger partial charge < -0.3 is 15.0 Å². The summed E-state index contributed by atoms with van der Waals surface area (Å²) in [4.78, 5) is 19.8. The van der Waals surface area contributed by atoms with Crippen LogP contribution in [0.2, 0.25) is 0 Å². The van der Waals surface area contributed by atoms with Gasteiger partial charge >= 0.3 is 0 Å². The highest BCUT2D eigenvalue weighted by Crippen LogP contribution is 2.23. The van der Waals surface area contributed by atoms with Crippen molar-refractivity contribution in [3.8, 4) is 5.75 Å². The van der Waals surface area contributed by atoms with Gasteiger partial charge in [0.1, 0.15) is 11.3 Å². The number of fused-ring (bicyclic) bond motifs is 3. The molecular weight excluding hydrogens is 362 g/mol. The predicted octanol–water partition coefficient (Wildman–Crippen LogP) is 3.64. The fraction of sp³-hybridized carbons (Fsp3) is 0.158. The normalized spacial score (nSPS) is 11.0. The van der Waals surface area contributed by atoms with Crippen LogP contribution in [0.15, 0.2) is 53.7 Å². The van der Waals surface area contributed by atoms with E-state index in [4.69, 9.17) is 4.74 Å². The predicted molar refractivity (Wildman–Crippen MR) is 106 cm³/mol. The molecule has 0 bridgehead atoms. The first-order valence-corrected chi connectivity index (χ1v) is 9.39. The Morgan fingerprint density at radius 1 is 1.15 bits per heavy atom. The maximum absolute atomic E-state index is 12.1. The van der Waals surface area contributed by atoms with Gasteiger partial charge in [-0.15, -0.1) is 10.2 Å². The number of hydrogen-bond donors (Lipinski definition) is 2. The maximum Gasteiger partial charge on any atom is 0.225 e. The van der Waals surface area contributed by atoms with E-state index in [1.165, 1.54) is 11.8 Å². The molecule has 136 valence electrons. The number of ether oxygens (including phenoxy) is 1. The smallest absolute Gasteiger partial charge is 0.225 e. The first kappa shape index (κ1) is 17.3. The van der Waals surface area contributed by atoms with Crippen LogP contribution < -0.4 is 10.1 Å². The SMILES string of the molecule is COc1ccc(NC(=O)CCSc2nnc3c(n2)[nH]c2ccccc23)cc1. The minimum Gasteiger partial charge on any atom is -0.497 e. The Kier molecular flexibility index (Phi) is 4.88. The molecule has 2 aromatic carbocycles. The van der Waals surface area contributed by atoms with Gasteiger partial charge in [0.15, 0.2) is 5.65 Å². The number of nitrogens with one attached hydrogen (secondary N) is 2. The standard InChI is InChI=1S/C19H17N5O2S/c1-26-13-8-6-12(7-9-13)20-16(25)10-11-27-19-22-18-17(23-24-19)14-4-2-3-5-15(14)21-18/h2-9H,10-11H2,1H3,(H,20,25)(H,21,22,24). The van der Waals surface area contributed by atoms with Crippen molar-refractivity contribution >= 4 is 45.4 Å². The van der Waals surface area contributed by atoms with Crippen LogP contribution >= 0.6 is 11.8 Å². The van der Waals surface area contributed by atoms with Crippen LogP contribution in [0.25, 0.3) is 22.1 Å². The van der Waals surface area contributed by atoms with Crippen LogP contribution in [0.5, 0.6) is 5.75 Å². The number of thioether (sulfide) groups is 1. The summed E-state index contributed by atoms with van der Waals surface area (Å²) in [5.41, 5.74) is 3.18. The lowest BCUT2D eigenvalue weighted by Crippen LogP contribution is -2.12. The van der Waals surface area contributed by atoms with Gasteiger partial charge in [-0.2, -0.15) is 0 Å². The maximum atomic E-state index is 12.1. The summed E-state index contributed by atoms with van der Waals surface area (Å²) in [6.07, 6.45) is 0.352. The third-order valence-electron chi connectivity index (χ3n) is 4.04. The fourth-order valence-corrected chi connectivity index (χ4v) is 3.42. The molecule has 0 saturated heterocycles. The van der Waals surface area contributed by atoms with Crippen LogP contribution in [0, 0.1) is 0 Å². The van der Waals surface area contributed by atoms with E-state index in [0.717, 1.165) is 27.9 Å². The zero-order chi connectivity index (χ0) is 18.6. The number of methoxy groups -OCH3 is 1. The number of rotatable bonds is 6. The summed E-state index contributed by atoms with van der Waals surface area (Å²) in [6, 6.07) is 15.1. The number of amides is 1. The Labute approximate surface area is 159 Å². The number of aromatic nitrogens is 4. The number of benzene rings is 2. The van der Waals surface area contributed by atoms with Crippen molar-refractivity contribution in [1.29, 1.82) is 0 Å². The number of para-hydroxylation sites is 1. The third kappa shape index (κ3) is 3.85. The molecule has 0 radical (unpaired) electrons. The molecule has 0 unspecified atom stereocenters. The largest absolute Gasteiger partial charge is 0.497 e. The molecule has 7 nitrogen and oxygen atoms in total. The van der Waals surface area contributed by atoms with E-state index in [2.05, 4.69) is 25.5 Å². The Morgan fingerprint density at radius 3 is 2.78 bits per heavy atom. The van der Waals surface area contributed by atoms with Crippen LogP contribution in [0.3, 0.4) is 0 Å². The first-order chi connectivity index (χ1) is 13.2. The van der Waals surface area contributed by atoms with Gasteiger partial charge in [0.2, 0.25) is 11.1 Å². The van der Waals surface area contributed by atoms with E-state index in [0.29, 0.717) is 23.0 Å². The van der Waals surface area contributed by atoms with Crippen LogP contribution in [-0.2, 0) is 4.79 Å². The fourth-order valence-electron chi connectivity index (χ4n) is 2.70. The molecule has 0 fully saturated rings. The van der Waals surface area contributed by atoms with E-state index >= 15 is 0 Å². The number of carbonyl (C=O) groups excluding carboxylic acids is 1. The van der Waals surface area contributed by atoms with E-state index in [-0.39, 0.29) is 5.91 Å². The molecule has 0 aliphatic heterocycles. The molecule has 0 atom stereocenters. The van der Waals surface area contributed by atoms with Crippen molar-refractivity contribution in [2.45, 2.75) is 11.6 Å². The topological polar surface area (TPSA) is 92.8 Å². The highest BCUT2D eigenvalue weighted by Gasteiger charge is 2.10. The molecule has 8 heteroatoms. The summed E-state index contributed by atoms with van der Waals surface area (Å²) in [5, 5.41) is 12.8. The molecule has 0 aliphatic rings. The molecule has 1 amide bonds. The molecule has 4 rings (SSSR count). The van der Waals surface area contributed by atoms with E-state index in [9.17, 15) is 4.79 Å². The highest BCUT2D eigenvalue weighted by molar-refractivity contribution is 7.99. The molecule has 2 N–H and O–H groups in total. The zero-order valence-electron chi connectivity index (χ0n) is 14.6. The molecular formula is C19H17N5O2S. The van der Waals surface area contributed by atoms with E-state index in [1.54, 1.807) is 31.4 Å². The summed E-state index contributed by atoms with van der Waals surface area (Å²) in [5.74, 6) is 1.25. The van der Waals surface area contributed by atoms with Crippen molar-refractivity contribution in [2.24, 2.45) is 0 Å². The molecule has 2 aromatic heterocycles. The van der Waals surface area contributed by atoms with Gasteiger partial charge in [-0.3, -0.25) is 4.79 Å². The van der Waals surface area contributed by atoms with Crippen molar-refractivity contribution in [3.05, 3.63) is 48.5 Å². The number of hydrogen-bond acceptors (Lipinski definition) is 6. The summed E-state index contributed by atoms with van der Waals surface area (Å²) in [7, 11) is 1.61. The molecule has 0 saturated carbocycles. The second-order valence-corrected chi connectivity index (χ2v) is 6.90. The van der Waals surface area contributed by atoms with Gasteiger partial charge in [-0.1, -0.05) is 30.0 Å². The van der Waals surface area contributed by atoms with Crippen molar-refractivity contribution in [3.63, 3.8) is 0 Å². The van der Waals surface area contributed by atoms with Crippen LogP contribution in [0.1, 0.15) is 6.42 Å². The van der Waals surface area contributed by atoms with Gasteiger partial charge in [0.25, 0.3) is 0 Å².